The zero-order chi connectivity index (χ0) is 13.5. The Morgan fingerprint density at radius 3 is 2.95 bits per heavy atom. The van der Waals surface area contributed by atoms with Crippen LogP contribution < -0.4 is 5.32 Å². The second-order valence-corrected chi connectivity index (χ2v) is 4.67. The normalized spacial score (nSPS) is 10.8. The third kappa shape index (κ3) is 3.76. The first-order chi connectivity index (χ1) is 9.29. The lowest BCUT2D eigenvalue weighted by Gasteiger charge is -2.03. The number of carbonyl (C=O) groups excluding carboxylic acids is 1. The Bertz CT molecular complexity index is 612. The fourth-order valence-corrected chi connectivity index (χ4v) is 2.09. The maximum atomic E-state index is 11.8. The number of hydrogen-bond donors (Lipinski definition) is 1. The van der Waals surface area contributed by atoms with Gasteiger partial charge in [0.2, 0.25) is 0 Å². The average Bonchev–Trinajstić information content (AvgIpc) is 2.96. The highest BCUT2D eigenvalue weighted by Gasteiger charge is 2.09. The zero-order valence-electron chi connectivity index (χ0n) is 10.0. The summed E-state index contributed by atoms with van der Waals surface area (Å²) in [6.45, 7) is 0.309. The predicted molar refractivity (Wildman–Crippen MR) is 74.0 cm³/mol. The molecule has 0 unspecified atom stereocenters. The number of nitriles is 1. The molecule has 0 saturated heterocycles. The summed E-state index contributed by atoms with van der Waals surface area (Å²) in [6.07, 6.45) is 3.24. The summed E-state index contributed by atoms with van der Waals surface area (Å²) in [5, 5.41) is 13.6. The first-order valence-electron chi connectivity index (χ1n) is 5.63. The van der Waals surface area contributed by atoms with Gasteiger partial charge in [-0.15, -0.1) is 11.3 Å². The molecule has 0 fully saturated rings. The van der Waals surface area contributed by atoms with Gasteiger partial charge in [0.25, 0.3) is 5.91 Å². The van der Waals surface area contributed by atoms with E-state index in [4.69, 9.17) is 5.26 Å². The largest absolute Gasteiger partial charge is 0.346 e. The van der Waals surface area contributed by atoms with Gasteiger partial charge in [-0.1, -0.05) is 12.1 Å². The van der Waals surface area contributed by atoms with E-state index in [0.29, 0.717) is 6.54 Å². The topological polar surface area (TPSA) is 65.8 Å². The minimum atomic E-state index is -0.387. The molecule has 1 amide bonds. The smallest absolute Gasteiger partial charge is 0.262 e. The number of hydrogen-bond acceptors (Lipinski definition) is 4. The van der Waals surface area contributed by atoms with Crippen LogP contribution in [0.2, 0.25) is 0 Å². The van der Waals surface area contributed by atoms with Crippen molar-refractivity contribution in [2.75, 3.05) is 0 Å². The molecule has 1 N–H and O–H groups in total. The maximum Gasteiger partial charge on any atom is 0.262 e. The number of amides is 1. The van der Waals surface area contributed by atoms with E-state index < -0.39 is 0 Å². The number of nitrogens with zero attached hydrogens (tertiary/aromatic N) is 2. The Morgan fingerprint density at radius 1 is 1.42 bits per heavy atom. The molecule has 0 atom stereocenters. The highest BCUT2D eigenvalue weighted by atomic mass is 32.1. The van der Waals surface area contributed by atoms with Crippen molar-refractivity contribution in [1.82, 2.24) is 10.3 Å². The van der Waals surface area contributed by atoms with Crippen LogP contribution >= 0.6 is 11.3 Å². The van der Waals surface area contributed by atoms with Gasteiger partial charge in [0.05, 0.1) is 12.2 Å². The summed E-state index contributed by atoms with van der Waals surface area (Å²) in [5.74, 6) is -0.387. The molecule has 0 spiro atoms. The molecule has 4 nitrogen and oxygen atoms in total. The fourth-order valence-electron chi connectivity index (χ4n) is 1.43. The zero-order valence-corrected chi connectivity index (χ0v) is 10.9. The highest BCUT2D eigenvalue weighted by molar-refractivity contribution is 7.10. The predicted octanol–water partition coefficient (Wildman–Crippen LogP) is 2.37. The van der Waals surface area contributed by atoms with Gasteiger partial charge in [-0.2, -0.15) is 5.26 Å². The number of aromatic nitrogens is 1. The highest BCUT2D eigenvalue weighted by Crippen LogP contribution is 2.13. The molecule has 2 aromatic heterocycles. The molecule has 5 heteroatoms. The Balaban J connectivity index is 2.01. The second kappa shape index (κ2) is 6.47. The van der Waals surface area contributed by atoms with Crippen molar-refractivity contribution in [3.8, 4) is 6.07 Å². The fraction of sp³-hybridized carbons (Fsp3) is 0.0714. The number of carbonyl (C=O) groups is 1. The van der Waals surface area contributed by atoms with Crippen molar-refractivity contribution in [2.45, 2.75) is 6.54 Å². The summed E-state index contributed by atoms with van der Waals surface area (Å²) in [7, 11) is 0. The van der Waals surface area contributed by atoms with Gasteiger partial charge in [0.1, 0.15) is 11.6 Å². The SMILES string of the molecule is N#C/C(=C\c1cccs1)C(=O)NCc1ccccn1. The van der Waals surface area contributed by atoms with Gasteiger partial charge < -0.3 is 5.32 Å². The van der Waals surface area contributed by atoms with Gasteiger partial charge in [-0.05, 0) is 29.7 Å². The van der Waals surface area contributed by atoms with Gasteiger partial charge in [-0.3, -0.25) is 9.78 Å². The minimum absolute atomic E-state index is 0.0957. The van der Waals surface area contributed by atoms with Crippen molar-refractivity contribution in [1.29, 1.82) is 5.26 Å². The Kier molecular flexibility index (Phi) is 4.43. The molecule has 19 heavy (non-hydrogen) atoms. The van der Waals surface area contributed by atoms with Crippen molar-refractivity contribution >= 4 is 23.3 Å². The first-order valence-corrected chi connectivity index (χ1v) is 6.51. The van der Waals surface area contributed by atoms with E-state index in [2.05, 4.69) is 10.3 Å². The van der Waals surface area contributed by atoms with E-state index in [1.165, 1.54) is 11.3 Å². The Labute approximate surface area is 115 Å². The quantitative estimate of drug-likeness (QED) is 0.684. The molecular weight excluding hydrogens is 258 g/mol. The molecule has 2 rings (SSSR count). The van der Waals surface area contributed by atoms with Crippen molar-refractivity contribution < 1.29 is 4.79 Å². The molecule has 0 saturated carbocycles. The third-order valence-corrected chi connectivity index (χ3v) is 3.17. The number of nitrogens with one attached hydrogen (secondary N) is 1. The van der Waals surface area contributed by atoms with Crippen molar-refractivity contribution in [2.24, 2.45) is 0 Å². The second-order valence-electron chi connectivity index (χ2n) is 3.69. The van der Waals surface area contributed by atoms with Crippen LogP contribution in [0.1, 0.15) is 10.6 Å². The Hall–Kier alpha value is -2.45. The van der Waals surface area contributed by atoms with Gasteiger partial charge >= 0.3 is 0 Å². The van der Waals surface area contributed by atoms with Crippen LogP contribution in [-0.2, 0) is 11.3 Å². The molecule has 0 aliphatic carbocycles. The molecule has 2 aromatic rings. The molecular formula is C14H11N3OS. The lowest BCUT2D eigenvalue weighted by Crippen LogP contribution is -2.24. The standard InChI is InChI=1S/C14H11N3OS/c15-9-11(8-13-5-3-7-19-13)14(18)17-10-12-4-1-2-6-16-12/h1-8H,10H2,(H,17,18)/b11-8+. The molecule has 0 aromatic carbocycles. The van der Waals surface area contributed by atoms with E-state index in [1.807, 2.05) is 41.8 Å². The molecule has 0 bridgehead atoms. The van der Waals surface area contributed by atoms with Crippen molar-refractivity contribution in [3.05, 3.63) is 58.1 Å². The number of rotatable bonds is 4. The average molecular weight is 269 g/mol. The van der Waals surface area contributed by atoms with E-state index in [0.717, 1.165) is 10.6 Å². The lowest BCUT2D eigenvalue weighted by molar-refractivity contribution is -0.117. The van der Waals surface area contributed by atoms with Gasteiger partial charge in [0, 0.05) is 11.1 Å². The van der Waals surface area contributed by atoms with Gasteiger partial charge in [0.15, 0.2) is 0 Å². The van der Waals surface area contributed by atoms with Crippen LogP contribution in [0.3, 0.4) is 0 Å². The number of pyridine rings is 1. The third-order valence-electron chi connectivity index (χ3n) is 2.35. The summed E-state index contributed by atoms with van der Waals surface area (Å²) in [4.78, 5) is 16.8. The monoisotopic (exact) mass is 269 g/mol. The van der Waals surface area contributed by atoms with E-state index in [1.54, 1.807) is 12.3 Å². The van der Waals surface area contributed by atoms with Crippen LogP contribution in [0.25, 0.3) is 6.08 Å². The minimum Gasteiger partial charge on any atom is -0.346 e. The molecule has 94 valence electrons. The molecule has 2 heterocycles. The van der Waals surface area contributed by atoms with Crippen LogP contribution in [0, 0.1) is 11.3 Å². The Morgan fingerprint density at radius 2 is 2.32 bits per heavy atom. The summed E-state index contributed by atoms with van der Waals surface area (Å²) in [5.41, 5.74) is 0.850. The van der Waals surface area contributed by atoms with Crippen LogP contribution in [0.5, 0.6) is 0 Å². The van der Waals surface area contributed by atoms with Crippen LogP contribution in [0.4, 0.5) is 0 Å². The van der Waals surface area contributed by atoms with Crippen molar-refractivity contribution in [3.63, 3.8) is 0 Å². The molecule has 0 aliphatic rings. The van der Waals surface area contributed by atoms with Crippen LogP contribution in [0.15, 0.2) is 47.5 Å². The van der Waals surface area contributed by atoms with E-state index in [-0.39, 0.29) is 11.5 Å². The van der Waals surface area contributed by atoms with E-state index >= 15 is 0 Å². The summed E-state index contributed by atoms with van der Waals surface area (Å²) < 4.78 is 0. The number of thiophene rings is 1. The van der Waals surface area contributed by atoms with Crippen LogP contribution in [-0.4, -0.2) is 10.9 Å². The molecule has 0 aliphatic heterocycles. The summed E-state index contributed by atoms with van der Waals surface area (Å²) in [6, 6.07) is 11.1. The first kappa shape index (κ1) is 13.0. The lowest BCUT2D eigenvalue weighted by atomic mass is 10.2. The van der Waals surface area contributed by atoms with E-state index in [9.17, 15) is 4.79 Å². The van der Waals surface area contributed by atoms with Gasteiger partial charge in [-0.25, -0.2) is 0 Å². The summed E-state index contributed by atoms with van der Waals surface area (Å²) >= 11 is 1.48. The molecule has 0 radical (unpaired) electrons. The maximum absolute atomic E-state index is 11.8.